The summed E-state index contributed by atoms with van der Waals surface area (Å²) in [5, 5.41) is 3.14. The van der Waals surface area contributed by atoms with E-state index in [4.69, 9.17) is 0 Å². The molecular weight excluding hydrogens is 420 g/mol. The Kier molecular flexibility index (Phi) is 5.53. The molecular formula is C26H22N2O3S. The average molecular weight is 443 g/mol. The molecule has 0 saturated carbocycles. The van der Waals surface area contributed by atoms with E-state index >= 15 is 0 Å². The van der Waals surface area contributed by atoms with E-state index in [0.717, 1.165) is 33.1 Å². The van der Waals surface area contributed by atoms with Crippen LogP contribution in [0.15, 0.2) is 83.8 Å². The Hall–Kier alpha value is -3.38. The number of amides is 3. The quantitative estimate of drug-likeness (QED) is 0.600. The number of rotatable bonds is 5. The van der Waals surface area contributed by atoms with Gasteiger partial charge in [0.25, 0.3) is 11.8 Å². The van der Waals surface area contributed by atoms with Gasteiger partial charge in [0, 0.05) is 17.1 Å². The number of carbonyl (C=O) groups excluding carboxylic acids is 3. The standard InChI is InChI=1S/C26H22N2O3S/c29-24(27-21-14-15-32-23-13-7-6-12-20(21)23)22(16-17-8-2-1-3-9-17)28-25(30)18-10-4-5-11-19(18)26(28)31/h1-13,21-22H,14-16H2,(H,27,29)/t21-,22-/m0/s1. The van der Waals surface area contributed by atoms with Crippen molar-refractivity contribution >= 4 is 29.5 Å². The zero-order chi connectivity index (χ0) is 22.1. The third-order valence-electron chi connectivity index (χ3n) is 5.99. The van der Waals surface area contributed by atoms with Crippen LogP contribution in [0, 0.1) is 0 Å². The van der Waals surface area contributed by atoms with Crippen LogP contribution in [0.4, 0.5) is 0 Å². The zero-order valence-electron chi connectivity index (χ0n) is 17.4. The summed E-state index contributed by atoms with van der Waals surface area (Å²) in [4.78, 5) is 42.2. The first-order valence-electron chi connectivity index (χ1n) is 10.7. The van der Waals surface area contributed by atoms with E-state index < -0.39 is 17.9 Å². The first-order valence-corrected chi connectivity index (χ1v) is 11.6. The fourth-order valence-electron chi connectivity index (χ4n) is 4.39. The molecule has 0 saturated heterocycles. The molecule has 160 valence electrons. The van der Waals surface area contributed by atoms with Crippen molar-refractivity contribution in [2.45, 2.75) is 29.8 Å². The number of nitrogens with one attached hydrogen (secondary N) is 1. The van der Waals surface area contributed by atoms with Crippen LogP contribution in [-0.4, -0.2) is 34.4 Å². The van der Waals surface area contributed by atoms with Gasteiger partial charge in [0.2, 0.25) is 5.91 Å². The van der Waals surface area contributed by atoms with Crippen molar-refractivity contribution in [1.29, 1.82) is 0 Å². The van der Waals surface area contributed by atoms with Gasteiger partial charge in [0.05, 0.1) is 17.2 Å². The molecule has 6 heteroatoms. The summed E-state index contributed by atoms with van der Waals surface area (Å²) in [5.74, 6) is -0.240. The molecule has 0 bridgehead atoms. The minimum Gasteiger partial charge on any atom is -0.347 e. The van der Waals surface area contributed by atoms with Crippen LogP contribution in [0.5, 0.6) is 0 Å². The van der Waals surface area contributed by atoms with Crippen molar-refractivity contribution in [3.63, 3.8) is 0 Å². The lowest BCUT2D eigenvalue weighted by Crippen LogP contribution is -2.51. The molecule has 5 rings (SSSR count). The van der Waals surface area contributed by atoms with Crippen LogP contribution < -0.4 is 5.32 Å². The minimum atomic E-state index is -0.924. The van der Waals surface area contributed by atoms with Crippen LogP contribution >= 0.6 is 11.8 Å². The van der Waals surface area contributed by atoms with Crippen molar-refractivity contribution in [3.05, 3.63) is 101 Å². The Morgan fingerprint density at radius 2 is 1.53 bits per heavy atom. The Morgan fingerprint density at radius 3 is 2.25 bits per heavy atom. The Morgan fingerprint density at radius 1 is 0.906 bits per heavy atom. The van der Waals surface area contributed by atoms with Crippen LogP contribution in [0.25, 0.3) is 0 Å². The number of carbonyl (C=O) groups is 3. The molecule has 0 aliphatic carbocycles. The molecule has 3 aromatic carbocycles. The Labute approximate surface area is 190 Å². The van der Waals surface area contributed by atoms with Crippen molar-refractivity contribution < 1.29 is 14.4 Å². The van der Waals surface area contributed by atoms with E-state index in [0.29, 0.717) is 11.1 Å². The van der Waals surface area contributed by atoms with Gasteiger partial charge in [-0.05, 0) is 35.7 Å². The number of hydrogen-bond donors (Lipinski definition) is 1. The molecule has 2 aliphatic rings. The predicted octanol–water partition coefficient (Wildman–Crippen LogP) is 4.25. The Bertz CT molecular complexity index is 1160. The lowest BCUT2D eigenvalue weighted by molar-refractivity contribution is -0.125. The topological polar surface area (TPSA) is 66.5 Å². The second kappa shape index (κ2) is 8.63. The summed E-state index contributed by atoms with van der Waals surface area (Å²) in [7, 11) is 0. The maximum absolute atomic E-state index is 13.6. The first-order chi connectivity index (χ1) is 15.6. The molecule has 1 N–H and O–H groups in total. The lowest BCUT2D eigenvalue weighted by atomic mass is 10.0. The summed E-state index contributed by atoms with van der Waals surface area (Å²) < 4.78 is 0. The third-order valence-corrected chi connectivity index (χ3v) is 7.11. The third kappa shape index (κ3) is 3.71. The highest BCUT2D eigenvalue weighted by Crippen LogP contribution is 2.36. The normalized spacial score (nSPS) is 18.1. The largest absolute Gasteiger partial charge is 0.347 e. The number of hydrogen-bond acceptors (Lipinski definition) is 4. The Balaban J connectivity index is 1.47. The number of benzene rings is 3. The monoisotopic (exact) mass is 442 g/mol. The van der Waals surface area contributed by atoms with E-state index in [2.05, 4.69) is 11.4 Å². The predicted molar refractivity (Wildman–Crippen MR) is 124 cm³/mol. The lowest BCUT2D eigenvalue weighted by Gasteiger charge is -2.30. The minimum absolute atomic E-state index is 0.145. The number of fused-ring (bicyclic) bond motifs is 2. The molecule has 3 amide bonds. The molecule has 0 radical (unpaired) electrons. The average Bonchev–Trinajstić information content (AvgIpc) is 3.08. The molecule has 2 heterocycles. The highest BCUT2D eigenvalue weighted by Gasteiger charge is 2.43. The summed E-state index contributed by atoms with van der Waals surface area (Å²) in [6.45, 7) is 0. The summed E-state index contributed by atoms with van der Waals surface area (Å²) >= 11 is 1.78. The van der Waals surface area contributed by atoms with Crippen LogP contribution in [0.2, 0.25) is 0 Å². The number of thioether (sulfide) groups is 1. The molecule has 0 unspecified atom stereocenters. The molecule has 2 atom stereocenters. The van der Waals surface area contributed by atoms with E-state index in [1.165, 1.54) is 0 Å². The molecule has 2 aliphatic heterocycles. The number of nitrogens with zero attached hydrogens (tertiary/aromatic N) is 1. The maximum atomic E-state index is 13.6. The van der Waals surface area contributed by atoms with Gasteiger partial charge >= 0.3 is 0 Å². The smallest absolute Gasteiger partial charge is 0.262 e. The second-order valence-corrected chi connectivity index (χ2v) is 9.10. The van der Waals surface area contributed by atoms with E-state index in [1.807, 2.05) is 48.5 Å². The molecule has 5 nitrogen and oxygen atoms in total. The van der Waals surface area contributed by atoms with Gasteiger partial charge in [-0.3, -0.25) is 19.3 Å². The van der Waals surface area contributed by atoms with E-state index in [-0.39, 0.29) is 18.4 Å². The zero-order valence-corrected chi connectivity index (χ0v) is 18.2. The molecule has 3 aromatic rings. The van der Waals surface area contributed by atoms with E-state index in [1.54, 1.807) is 36.0 Å². The summed E-state index contributed by atoms with van der Waals surface area (Å²) in [5.41, 5.74) is 2.67. The van der Waals surface area contributed by atoms with Crippen molar-refractivity contribution in [1.82, 2.24) is 10.2 Å². The van der Waals surface area contributed by atoms with Crippen molar-refractivity contribution in [3.8, 4) is 0 Å². The molecule has 0 spiro atoms. The maximum Gasteiger partial charge on any atom is 0.262 e. The van der Waals surface area contributed by atoms with Gasteiger partial charge in [-0.25, -0.2) is 0 Å². The fraction of sp³-hybridized carbons (Fsp3) is 0.192. The fourth-order valence-corrected chi connectivity index (χ4v) is 5.51. The summed E-state index contributed by atoms with van der Waals surface area (Å²) in [6, 6.07) is 23.2. The SMILES string of the molecule is O=C(N[C@H]1CCSc2ccccc21)[C@H](Cc1ccccc1)N1C(=O)c2ccccc2C1=O. The van der Waals surface area contributed by atoms with Gasteiger partial charge in [-0.1, -0.05) is 60.7 Å². The molecule has 32 heavy (non-hydrogen) atoms. The van der Waals surface area contributed by atoms with E-state index in [9.17, 15) is 14.4 Å². The van der Waals surface area contributed by atoms with Crippen LogP contribution in [0.1, 0.15) is 44.3 Å². The van der Waals surface area contributed by atoms with Crippen molar-refractivity contribution in [2.75, 3.05) is 5.75 Å². The second-order valence-electron chi connectivity index (χ2n) is 7.97. The van der Waals surface area contributed by atoms with Gasteiger partial charge in [0.15, 0.2) is 0 Å². The van der Waals surface area contributed by atoms with Gasteiger partial charge in [-0.15, -0.1) is 11.8 Å². The first kappa shape index (κ1) is 20.5. The van der Waals surface area contributed by atoms with Gasteiger partial charge < -0.3 is 5.32 Å². The van der Waals surface area contributed by atoms with Crippen LogP contribution in [0.3, 0.4) is 0 Å². The van der Waals surface area contributed by atoms with Gasteiger partial charge in [0.1, 0.15) is 6.04 Å². The highest BCUT2D eigenvalue weighted by atomic mass is 32.2. The summed E-state index contributed by atoms with van der Waals surface area (Å²) in [6.07, 6.45) is 1.06. The molecule has 0 aromatic heterocycles. The van der Waals surface area contributed by atoms with Crippen molar-refractivity contribution in [2.24, 2.45) is 0 Å². The highest BCUT2D eigenvalue weighted by molar-refractivity contribution is 7.99. The number of imide groups is 1. The van der Waals surface area contributed by atoms with Crippen LogP contribution in [-0.2, 0) is 11.2 Å². The molecule has 0 fully saturated rings. The van der Waals surface area contributed by atoms with Gasteiger partial charge in [-0.2, -0.15) is 0 Å².